The smallest absolute Gasteiger partial charge is 0.333 e. The average Bonchev–Trinajstić information content (AvgIpc) is 3.11. The number of amides is 1. The molecular formula is C22H29N5O4. The second-order valence-corrected chi connectivity index (χ2v) is 8.39. The topological polar surface area (TPSA) is 100 Å². The summed E-state index contributed by atoms with van der Waals surface area (Å²) in [5.41, 5.74) is 0.0887. The van der Waals surface area contributed by atoms with Crippen molar-refractivity contribution in [1.29, 1.82) is 0 Å². The highest BCUT2D eigenvalue weighted by molar-refractivity contribution is 5.92. The predicted molar refractivity (Wildman–Crippen MR) is 120 cm³/mol. The van der Waals surface area contributed by atoms with Gasteiger partial charge >= 0.3 is 5.69 Å². The first-order valence-corrected chi connectivity index (χ1v) is 10.3. The molecule has 0 aliphatic heterocycles. The van der Waals surface area contributed by atoms with Gasteiger partial charge in [-0.15, -0.1) is 0 Å². The number of benzene rings is 1. The lowest BCUT2D eigenvalue weighted by Gasteiger charge is -2.15. The van der Waals surface area contributed by atoms with E-state index in [1.807, 2.05) is 27.7 Å². The molecule has 0 unspecified atom stereocenters. The van der Waals surface area contributed by atoms with Gasteiger partial charge in [-0.05, 0) is 24.0 Å². The molecule has 0 saturated heterocycles. The fourth-order valence-corrected chi connectivity index (χ4v) is 3.52. The number of para-hydroxylation sites is 2. The number of rotatable bonds is 8. The molecule has 3 rings (SSSR count). The third kappa shape index (κ3) is 4.70. The van der Waals surface area contributed by atoms with Crippen molar-refractivity contribution in [3.8, 4) is 5.75 Å². The largest absolute Gasteiger partial charge is 0.495 e. The van der Waals surface area contributed by atoms with Gasteiger partial charge in [0, 0.05) is 13.1 Å². The Kier molecular flexibility index (Phi) is 6.62. The molecular weight excluding hydrogens is 398 g/mol. The Morgan fingerprint density at radius 2 is 1.74 bits per heavy atom. The number of methoxy groups -OCH3 is 1. The molecule has 0 radical (unpaired) electrons. The van der Waals surface area contributed by atoms with E-state index in [2.05, 4.69) is 10.3 Å². The zero-order valence-corrected chi connectivity index (χ0v) is 18.6. The molecule has 2 aromatic heterocycles. The Hall–Kier alpha value is -3.36. The highest BCUT2D eigenvalue weighted by atomic mass is 16.5. The fourth-order valence-electron chi connectivity index (χ4n) is 3.52. The molecule has 1 N–H and O–H groups in total. The van der Waals surface area contributed by atoms with Crippen LogP contribution in [-0.4, -0.2) is 31.7 Å². The van der Waals surface area contributed by atoms with Crippen LogP contribution in [0.25, 0.3) is 11.2 Å². The Morgan fingerprint density at radius 3 is 2.39 bits per heavy atom. The zero-order valence-electron chi connectivity index (χ0n) is 18.6. The van der Waals surface area contributed by atoms with Gasteiger partial charge in [-0.2, -0.15) is 0 Å². The molecule has 0 spiro atoms. The van der Waals surface area contributed by atoms with E-state index < -0.39 is 23.7 Å². The van der Waals surface area contributed by atoms with Crippen molar-refractivity contribution < 1.29 is 9.53 Å². The van der Waals surface area contributed by atoms with Crippen molar-refractivity contribution in [2.75, 3.05) is 12.4 Å². The Balaban J connectivity index is 2.07. The van der Waals surface area contributed by atoms with Crippen molar-refractivity contribution in [1.82, 2.24) is 18.7 Å². The zero-order chi connectivity index (χ0) is 22.7. The third-order valence-corrected chi connectivity index (χ3v) is 4.78. The van der Waals surface area contributed by atoms with Crippen molar-refractivity contribution >= 4 is 22.8 Å². The maximum Gasteiger partial charge on any atom is 0.333 e. The average molecular weight is 428 g/mol. The lowest BCUT2D eigenvalue weighted by atomic mass is 10.2. The van der Waals surface area contributed by atoms with Crippen molar-refractivity contribution in [3.05, 3.63) is 51.4 Å². The van der Waals surface area contributed by atoms with Gasteiger partial charge in [-0.3, -0.25) is 14.2 Å². The number of ether oxygens (including phenoxy) is 1. The van der Waals surface area contributed by atoms with E-state index in [-0.39, 0.29) is 11.8 Å². The van der Waals surface area contributed by atoms with Crippen LogP contribution in [0.3, 0.4) is 0 Å². The molecule has 0 aliphatic carbocycles. The summed E-state index contributed by atoms with van der Waals surface area (Å²) in [4.78, 5) is 43.5. The Morgan fingerprint density at radius 1 is 1.06 bits per heavy atom. The maximum atomic E-state index is 13.2. The Bertz CT molecular complexity index is 1200. The van der Waals surface area contributed by atoms with Gasteiger partial charge in [0.15, 0.2) is 11.2 Å². The van der Waals surface area contributed by atoms with Crippen molar-refractivity contribution in [2.24, 2.45) is 11.8 Å². The van der Waals surface area contributed by atoms with Gasteiger partial charge in [-0.1, -0.05) is 39.8 Å². The Labute approximate surface area is 180 Å². The number of nitrogens with zero attached hydrogens (tertiary/aromatic N) is 4. The number of hydrogen-bond acceptors (Lipinski definition) is 5. The lowest BCUT2D eigenvalue weighted by molar-refractivity contribution is -0.116. The van der Waals surface area contributed by atoms with Gasteiger partial charge in [0.1, 0.15) is 12.3 Å². The number of imidazole rings is 1. The molecule has 9 nitrogen and oxygen atoms in total. The van der Waals surface area contributed by atoms with Gasteiger partial charge in [0.25, 0.3) is 5.56 Å². The van der Waals surface area contributed by atoms with Crippen LogP contribution >= 0.6 is 0 Å². The van der Waals surface area contributed by atoms with E-state index in [0.29, 0.717) is 35.7 Å². The van der Waals surface area contributed by atoms with Crippen LogP contribution in [0.2, 0.25) is 0 Å². The summed E-state index contributed by atoms with van der Waals surface area (Å²) in [6.07, 6.45) is 1.58. The van der Waals surface area contributed by atoms with Crippen LogP contribution in [0.4, 0.5) is 5.69 Å². The van der Waals surface area contributed by atoms with Crippen LogP contribution in [0.1, 0.15) is 27.7 Å². The summed E-state index contributed by atoms with van der Waals surface area (Å²) in [7, 11) is 1.50. The van der Waals surface area contributed by atoms with E-state index in [9.17, 15) is 14.4 Å². The lowest BCUT2D eigenvalue weighted by Crippen LogP contribution is -2.43. The van der Waals surface area contributed by atoms with Crippen molar-refractivity contribution in [3.63, 3.8) is 0 Å². The maximum absolute atomic E-state index is 13.2. The number of fused-ring (bicyclic) bond motifs is 1. The standard InChI is InChI=1S/C22H29N5O4/c1-14(2)10-25-13-23-20-19(25)21(29)27(22(30)26(20)11-15(3)4)12-18(28)24-16-8-6-7-9-17(16)31-5/h6-9,13-15H,10-12H2,1-5H3,(H,24,28). The van der Waals surface area contributed by atoms with Gasteiger partial charge in [-0.25, -0.2) is 14.3 Å². The second-order valence-electron chi connectivity index (χ2n) is 8.39. The molecule has 2 heterocycles. The molecule has 3 aromatic rings. The van der Waals surface area contributed by atoms with Crippen LogP contribution in [-0.2, 0) is 24.4 Å². The number of carbonyl (C=O) groups is 1. The first-order valence-electron chi connectivity index (χ1n) is 10.3. The number of aromatic nitrogens is 4. The molecule has 31 heavy (non-hydrogen) atoms. The highest BCUT2D eigenvalue weighted by Gasteiger charge is 2.21. The quantitative estimate of drug-likeness (QED) is 0.595. The highest BCUT2D eigenvalue weighted by Crippen LogP contribution is 2.22. The molecule has 0 saturated carbocycles. The van der Waals surface area contributed by atoms with E-state index in [1.165, 1.54) is 11.7 Å². The van der Waals surface area contributed by atoms with Crippen LogP contribution < -0.4 is 21.3 Å². The minimum atomic E-state index is -0.545. The summed E-state index contributed by atoms with van der Waals surface area (Å²) in [5, 5.41) is 2.72. The summed E-state index contributed by atoms with van der Waals surface area (Å²) >= 11 is 0. The fraction of sp³-hybridized carbons (Fsp3) is 0.455. The molecule has 0 fully saturated rings. The van der Waals surface area contributed by atoms with E-state index in [4.69, 9.17) is 4.74 Å². The summed E-state index contributed by atoms with van der Waals surface area (Å²) in [6.45, 7) is 8.60. The second kappa shape index (κ2) is 9.20. The normalized spacial score (nSPS) is 11.5. The first-order chi connectivity index (χ1) is 14.7. The molecule has 1 aromatic carbocycles. The summed E-state index contributed by atoms with van der Waals surface area (Å²) < 4.78 is 9.46. The monoisotopic (exact) mass is 427 g/mol. The van der Waals surface area contributed by atoms with Crippen molar-refractivity contribution in [2.45, 2.75) is 47.3 Å². The number of carbonyl (C=O) groups excluding carboxylic acids is 1. The molecule has 0 aliphatic rings. The molecule has 9 heteroatoms. The molecule has 0 atom stereocenters. The van der Waals surface area contributed by atoms with E-state index in [1.54, 1.807) is 35.2 Å². The SMILES string of the molecule is COc1ccccc1NC(=O)Cn1c(=O)c2c(ncn2CC(C)C)n(CC(C)C)c1=O. The first kappa shape index (κ1) is 22.3. The van der Waals surface area contributed by atoms with Gasteiger partial charge in [0.05, 0.1) is 19.1 Å². The minimum absolute atomic E-state index is 0.157. The van der Waals surface area contributed by atoms with Gasteiger partial charge in [0.2, 0.25) is 5.91 Å². The minimum Gasteiger partial charge on any atom is -0.495 e. The van der Waals surface area contributed by atoms with Crippen LogP contribution in [0, 0.1) is 11.8 Å². The predicted octanol–water partition coefficient (Wildman–Crippen LogP) is 2.32. The van der Waals surface area contributed by atoms with E-state index >= 15 is 0 Å². The van der Waals surface area contributed by atoms with Crippen LogP contribution in [0.5, 0.6) is 5.75 Å². The third-order valence-electron chi connectivity index (χ3n) is 4.78. The summed E-state index contributed by atoms with van der Waals surface area (Å²) in [6, 6.07) is 6.95. The molecule has 166 valence electrons. The molecule has 0 bridgehead atoms. The van der Waals surface area contributed by atoms with Gasteiger partial charge < -0.3 is 14.6 Å². The van der Waals surface area contributed by atoms with E-state index in [0.717, 1.165) is 4.57 Å². The number of hydrogen-bond donors (Lipinski definition) is 1. The number of nitrogens with one attached hydrogen (secondary N) is 1. The van der Waals surface area contributed by atoms with Crippen LogP contribution in [0.15, 0.2) is 40.2 Å². The molecule has 1 amide bonds. The number of anilines is 1. The summed E-state index contributed by atoms with van der Waals surface area (Å²) in [5.74, 6) is 0.439.